The maximum absolute atomic E-state index is 6.35. The van der Waals surface area contributed by atoms with Gasteiger partial charge in [-0.05, 0) is 56.3 Å². The van der Waals surface area contributed by atoms with Crippen LogP contribution in [-0.4, -0.2) is 30.1 Å². The van der Waals surface area contributed by atoms with Crippen LogP contribution in [0.1, 0.15) is 64.7 Å². The molecule has 19 heavy (non-hydrogen) atoms. The van der Waals surface area contributed by atoms with Gasteiger partial charge >= 0.3 is 0 Å². The molecule has 2 N–H and O–H groups in total. The highest BCUT2D eigenvalue weighted by molar-refractivity contribution is 4.95. The first kappa shape index (κ1) is 13.9. The lowest BCUT2D eigenvalue weighted by molar-refractivity contribution is 0.153. The Morgan fingerprint density at radius 2 is 1.79 bits per heavy atom. The van der Waals surface area contributed by atoms with E-state index >= 15 is 0 Å². The van der Waals surface area contributed by atoms with E-state index in [9.17, 15) is 0 Å². The molecular weight excluding hydrogens is 232 g/mol. The standard InChI is InChI=1S/C17H32N2/c1-2-4-13-7-9-15(10-8-13)19-11-14-5-3-6-17(18)16(14)12-19/h13-17H,2-12,18H2,1H3. The molecule has 3 aliphatic rings. The van der Waals surface area contributed by atoms with Gasteiger partial charge in [-0.1, -0.05) is 26.2 Å². The van der Waals surface area contributed by atoms with Crippen molar-refractivity contribution in [3.63, 3.8) is 0 Å². The Labute approximate surface area is 119 Å². The van der Waals surface area contributed by atoms with Crippen molar-refractivity contribution >= 4 is 0 Å². The van der Waals surface area contributed by atoms with Gasteiger partial charge in [0.15, 0.2) is 0 Å². The van der Waals surface area contributed by atoms with Crippen molar-refractivity contribution in [3.05, 3.63) is 0 Å². The van der Waals surface area contributed by atoms with E-state index in [0.29, 0.717) is 6.04 Å². The van der Waals surface area contributed by atoms with Gasteiger partial charge in [0.2, 0.25) is 0 Å². The summed E-state index contributed by atoms with van der Waals surface area (Å²) in [4.78, 5) is 2.82. The van der Waals surface area contributed by atoms with Crippen molar-refractivity contribution in [1.82, 2.24) is 4.90 Å². The number of rotatable bonds is 3. The third kappa shape index (κ3) is 3.00. The second-order valence-corrected chi connectivity index (χ2v) is 7.44. The Hall–Kier alpha value is -0.0800. The predicted octanol–water partition coefficient (Wildman–Crippen LogP) is 3.40. The summed E-state index contributed by atoms with van der Waals surface area (Å²) in [5, 5.41) is 0. The van der Waals surface area contributed by atoms with Crippen molar-refractivity contribution in [2.24, 2.45) is 23.5 Å². The maximum Gasteiger partial charge on any atom is 0.00957 e. The number of hydrogen-bond donors (Lipinski definition) is 1. The second-order valence-electron chi connectivity index (χ2n) is 7.44. The van der Waals surface area contributed by atoms with E-state index < -0.39 is 0 Å². The summed E-state index contributed by atoms with van der Waals surface area (Å²) in [5.41, 5.74) is 6.35. The Morgan fingerprint density at radius 1 is 1.00 bits per heavy atom. The SMILES string of the molecule is CCCC1CCC(N2CC3CCCC(N)C3C2)CC1. The molecule has 2 nitrogen and oxygen atoms in total. The molecule has 2 saturated carbocycles. The fraction of sp³-hybridized carbons (Fsp3) is 1.00. The number of hydrogen-bond acceptors (Lipinski definition) is 2. The highest BCUT2D eigenvalue weighted by Crippen LogP contribution is 2.39. The van der Waals surface area contributed by atoms with E-state index in [2.05, 4.69) is 11.8 Å². The minimum atomic E-state index is 0.500. The summed E-state index contributed by atoms with van der Waals surface area (Å²) < 4.78 is 0. The Morgan fingerprint density at radius 3 is 2.47 bits per heavy atom. The molecule has 0 aromatic rings. The molecule has 1 aliphatic heterocycles. The lowest BCUT2D eigenvalue weighted by Gasteiger charge is -2.35. The first-order valence-corrected chi connectivity index (χ1v) is 8.77. The van der Waals surface area contributed by atoms with Crippen LogP contribution in [0, 0.1) is 17.8 Å². The van der Waals surface area contributed by atoms with Gasteiger partial charge < -0.3 is 5.73 Å². The fourth-order valence-corrected chi connectivity index (χ4v) is 5.06. The van der Waals surface area contributed by atoms with Crippen LogP contribution in [0.4, 0.5) is 0 Å². The second kappa shape index (κ2) is 6.13. The van der Waals surface area contributed by atoms with Gasteiger partial charge in [0.05, 0.1) is 0 Å². The van der Waals surface area contributed by atoms with Crippen LogP contribution in [0.2, 0.25) is 0 Å². The van der Waals surface area contributed by atoms with E-state index in [4.69, 9.17) is 5.73 Å². The van der Waals surface area contributed by atoms with Gasteiger partial charge in [0.1, 0.15) is 0 Å². The van der Waals surface area contributed by atoms with Crippen LogP contribution in [0.15, 0.2) is 0 Å². The van der Waals surface area contributed by atoms with Crippen molar-refractivity contribution in [1.29, 1.82) is 0 Å². The molecule has 1 heterocycles. The fourth-order valence-electron chi connectivity index (χ4n) is 5.06. The van der Waals surface area contributed by atoms with Gasteiger partial charge in [-0.15, -0.1) is 0 Å². The summed E-state index contributed by atoms with van der Waals surface area (Å²) in [7, 11) is 0. The quantitative estimate of drug-likeness (QED) is 0.846. The molecule has 3 unspecified atom stereocenters. The normalized spacial score (nSPS) is 44.2. The number of fused-ring (bicyclic) bond motifs is 1. The molecule has 2 heteroatoms. The summed E-state index contributed by atoms with van der Waals surface area (Å²) in [5.74, 6) is 2.78. The predicted molar refractivity (Wildman–Crippen MR) is 81.0 cm³/mol. The highest BCUT2D eigenvalue weighted by Gasteiger charge is 2.41. The molecule has 0 aromatic heterocycles. The zero-order valence-electron chi connectivity index (χ0n) is 12.7. The molecule has 0 amide bonds. The maximum atomic E-state index is 6.35. The first-order valence-electron chi connectivity index (χ1n) is 8.77. The van der Waals surface area contributed by atoms with Gasteiger partial charge in [0.25, 0.3) is 0 Å². The average Bonchev–Trinajstić information content (AvgIpc) is 2.85. The van der Waals surface area contributed by atoms with Crippen molar-refractivity contribution in [2.75, 3.05) is 13.1 Å². The topological polar surface area (TPSA) is 29.3 Å². The van der Waals surface area contributed by atoms with Crippen LogP contribution in [0.25, 0.3) is 0 Å². The third-order valence-electron chi connectivity index (χ3n) is 6.21. The van der Waals surface area contributed by atoms with Gasteiger partial charge in [-0.3, -0.25) is 4.90 Å². The first-order chi connectivity index (χ1) is 9.28. The zero-order valence-corrected chi connectivity index (χ0v) is 12.7. The van der Waals surface area contributed by atoms with Crippen molar-refractivity contribution in [3.8, 4) is 0 Å². The molecule has 0 aromatic carbocycles. The van der Waals surface area contributed by atoms with E-state index in [1.165, 1.54) is 70.9 Å². The lowest BCUT2D eigenvalue weighted by Crippen LogP contribution is -2.39. The van der Waals surface area contributed by atoms with Crippen molar-refractivity contribution in [2.45, 2.75) is 76.8 Å². The Balaban J connectivity index is 1.51. The summed E-state index contributed by atoms with van der Waals surface area (Å²) in [6.45, 7) is 5.01. The molecule has 1 saturated heterocycles. The smallest absolute Gasteiger partial charge is 0.00957 e. The van der Waals surface area contributed by atoms with Crippen LogP contribution in [-0.2, 0) is 0 Å². The number of likely N-dealkylation sites (tertiary alicyclic amines) is 1. The molecule has 3 atom stereocenters. The van der Waals surface area contributed by atoms with Crippen LogP contribution < -0.4 is 5.73 Å². The molecule has 0 spiro atoms. The van der Waals surface area contributed by atoms with Crippen LogP contribution in [0.3, 0.4) is 0 Å². The molecule has 3 rings (SSSR count). The molecule has 0 radical (unpaired) electrons. The van der Waals surface area contributed by atoms with Crippen LogP contribution in [0.5, 0.6) is 0 Å². The van der Waals surface area contributed by atoms with Crippen molar-refractivity contribution < 1.29 is 0 Å². The molecule has 3 fully saturated rings. The van der Waals surface area contributed by atoms with E-state index in [1.54, 1.807) is 0 Å². The monoisotopic (exact) mass is 264 g/mol. The van der Waals surface area contributed by atoms with Gasteiger partial charge in [-0.25, -0.2) is 0 Å². The van der Waals surface area contributed by atoms with E-state index in [-0.39, 0.29) is 0 Å². The highest BCUT2D eigenvalue weighted by atomic mass is 15.2. The summed E-state index contributed by atoms with van der Waals surface area (Å²) >= 11 is 0. The number of nitrogens with zero attached hydrogens (tertiary/aromatic N) is 1. The molecule has 2 aliphatic carbocycles. The minimum Gasteiger partial charge on any atom is -0.327 e. The lowest BCUT2D eigenvalue weighted by atomic mass is 9.78. The van der Waals surface area contributed by atoms with Gasteiger partial charge in [-0.2, -0.15) is 0 Å². The van der Waals surface area contributed by atoms with Crippen LogP contribution >= 0.6 is 0 Å². The van der Waals surface area contributed by atoms with E-state index in [0.717, 1.165) is 23.8 Å². The summed E-state index contributed by atoms with van der Waals surface area (Å²) in [6.07, 6.45) is 12.8. The van der Waals surface area contributed by atoms with Gasteiger partial charge in [0, 0.05) is 25.2 Å². The summed E-state index contributed by atoms with van der Waals surface area (Å²) in [6, 6.07) is 1.39. The Kier molecular flexibility index (Phi) is 4.48. The zero-order chi connectivity index (χ0) is 13.2. The average molecular weight is 264 g/mol. The molecular formula is C17H32N2. The van der Waals surface area contributed by atoms with E-state index in [1.807, 2.05) is 0 Å². The number of nitrogens with two attached hydrogens (primary N) is 1. The molecule has 0 bridgehead atoms. The minimum absolute atomic E-state index is 0.500. The molecule has 110 valence electrons. The largest absolute Gasteiger partial charge is 0.327 e. The third-order valence-corrected chi connectivity index (χ3v) is 6.21. The Bertz CT molecular complexity index is 283.